The Morgan fingerprint density at radius 2 is 2.31 bits per heavy atom. The Morgan fingerprint density at radius 3 is 2.94 bits per heavy atom. The zero-order chi connectivity index (χ0) is 11.5. The van der Waals surface area contributed by atoms with Crippen molar-refractivity contribution in [1.29, 1.82) is 0 Å². The second-order valence-electron chi connectivity index (χ2n) is 4.86. The van der Waals surface area contributed by atoms with E-state index in [2.05, 4.69) is 29.2 Å². The lowest BCUT2D eigenvalue weighted by molar-refractivity contribution is 0.348. The van der Waals surface area contributed by atoms with Crippen LogP contribution in [0.4, 0.5) is 0 Å². The van der Waals surface area contributed by atoms with E-state index in [1.54, 1.807) is 6.33 Å². The maximum Gasteiger partial charge on any atom is 0.138 e. The molecule has 0 amide bonds. The van der Waals surface area contributed by atoms with Gasteiger partial charge >= 0.3 is 0 Å². The molecule has 3 unspecified atom stereocenters. The largest absolute Gasteiger partial charge is 0.314 e. The number of nitrogens with one attached hydrogen (secondary N) is 1. The lowest BCUT2D eigenvalue weighted by Crippen LogP contribution is -2.32. The smallest absolute Gasteiger partial charge is 0.138 e. The minimum atomic E-state index is 0.697. The molecule has 0 aliphatic heterocycles. The standard InChI is InChI=1S/C12H22N4/c1-4-13-11-6-5-10(9(11)2)7-12-14-8-15-16(12)3/h8-11,13H,4-7H2,1-3H3. The third-order valence-corrected chi connectivity index (χ3v) is 3.94. The van der Waals surface area contributed by atoms with Crippen LogP contribution in [0, 0.1) is 11.8 Å². The van der Waals surface area contributed by atoms with E-state index in [9.17, 15) is 0 Å². The van der Waals surface area contributed by atoms with Crippen LogP contribution >= 0.6 is 0 Å². The van der Waals surface area contributed by atoms with Gasteiger partial charge in [-0.25, -0.2) is 4.98 Å². The highest BCUT2D eigenvalue weighted by Gasteiger charge is 2.32. The van der Waals surface area contributed by atoms with Gasteiger partial charge in [0.15, 0.2) is 0 Å². The van der Waals surface area contributed by atoms with Gasteiger partial charge in [0.25, 0.3) is 0 Å². The highest BCUT2D eigenvalue weighted by molar-refractivity contribution is 4.94. The number of rotatable bonds is 4. The summed E-state index contributed by atoms with van der Waals surface area (Å²) in [4.78, 5) is 4.32. The fourth-order valence-corrected chi connectivity index (χ4v) is 2.83. The third kappa shape index (κ3) is 2.26. The average molecular weight is 222 g/mol. The van der Waals surface area contributed by atoms with Gasteiger partial charge in [0.2, 0.25) is 0 Å². The van der Waals surface area contributed by atoms with Crippen molar-refractivity contribution in [2.24, 2.45) is 18.9 Å². The van der Waals surface area contributed by atoms with E-state index >= 15 is 0 Å². The Morgan fingerprint density at radius 1 is 1.50 bits per heavy atom. The summed E-state index contributed by atoms with van der Waals surface area (Å²) in [5, 5.41) is 7.70. The number of hydrogen-bond donors (Lipinski definition) is 1. The van der Waals surface area contributed by atoms with Crippen LogP contribution in [-0.2, 0) is 13.5 Å². The molecule has 1 aromatic rings. The molecule has 2 rings (SSSR count). The molecule has 90 valence electrons. The molecule has 0 radical (unpaired) electrons. The molecule has 1 aromatic heterocycles. The Hall–Kier alpha value is -0.900. The summed E-state index contributed by atoms with van der Waals surface area (Å²) in [6.07, 6.45) is 5.33. The van der Waals surface area contributed by atoms with Gasteiger partial charge in [-0.1, -0.05) is 13.8 Å². The quantitative estimate of drug-likeness (QED) is 0.837. The topological polar surface area (TPSA) is 42.7 Å². The van der Waals surface area contributed by atoms with Crippen molar-refractivity contribution in [1.82, 2.24) is 20.1 Å². The number of aryl methyl sites for hydroxylation is 1. The first-order valence-electron chi connectivity index (χ1n) is 6.28. The average Bonchev–Trinajstić information content (AvgIpc) is 2.80. The van der Waals surface area contributed by atoms with Crippen LogP contribution in [0.25, 0.3) is 0 Å². The van der Waals surface area contributed by atoms with E-state index in [0.717, 1.165) is 30.6 Å². The minimum absolute atomic E-state index is 0.697. The fraction of sp³-hybridized carbons (Fsp3) is 0.833. The van der Waals surface area contributed by atoms with Crippen molar-refractivity contribution in [3.63, 3.8) is 0 Å². The van der Waals surface area contributed by atoms with Crippen LogP contribution in [0.15, 0.2) is 6.33 Å². The van der Waals surface area contributed by atoms with Gasteiger partial charge < -0.3 is 5.32 Å². The van der Waals surface area contributed by atoms with Crippen LogP contribution < -0.4 is 5.32 Å². The lowest BCUT2D eigenvalue weighted by Gasteiger charge is -2.20. The van der Waals surface area contributed by atoms with E-state index in [1.165, 1.54) is 12.8 Å². The first-order valence-corrected chi connectivity index (χ1v) is 6.28. The van der Waals surface area contributed by atoms with Gasteiger partial charge in [0, 0.05) is 19.5 Å². The van der Waals surface area contributed by atoms with Gasteiger partial charge in [-0.2, -0.15) is 5.10 Å². The molecule has 1 aliphatic rings. The maximum atomic E-state index is 4.32. The summed E-state index contributed by atoms with van der Waals surface area (Å²) < 4.78 is 1.90. The molecule has 1 N–H and O–H groups in total. The van der Waals surface area contributed by atoms with Gasteiger partial charge in [-0.3, -0.25) is 4.68 Å². The summed E-state index contributed by atoms with van der Waals surface area (Å²) >= 11 is 0. The van der Waals surface area contributed by atoms with Crippen molar-refractivity contribution < 1.29 is 0 Å². The lowest BCUT2D eigenvalue weighted by atomic mass is 9.92. The van der Waals surface area contributed by atoms with Crippen molar-refractivity contribution >= 4 is 0 Å². The first kappa shape index (κ1) is 11.6. The molecule has 16 heavy (non-hydrogen) atoms. The zero-order valence-electron chi connectivity index (χ0n) is 10.5. The predicted molar refractivity (Wildman–Crippen MR) is 64.1 cm³/mol. The van der Waals surface area contributed by atoms with Gasteiger partial charge in [0.05, 0.1) is 0 Å². The highest BCUT2D eigenvalue weighted by Crippen LogP contribution is 2.33. The van der Waals surface area contributed by atoms with E-state index in [-0.39, 0.29) is 0 Å². The number of nitrogens with zero attached hydrogens (tertiary/aromatic N) is 3. The molecule has 1 saturated carbocycles. The van der Waals surface area contributed by atoms with Crippen molar-refractivity contribution in [2.45, 2.75) is 39.2 Å². The molecule has 3 atom stereocenters. The van der Waals surface area contributed by atoms with Gasteiger partial charge in [-0.05, 0) is 31.2 Å². The molecular formula is C12H22N4. The molecular weight excluding hydrogens is 200 g/mol. The molecule has 0 bridgehead atoms. The molecule has 0 aromatic carbocycles. The van der Waals surface area contributed by atoms with Crippen molar-refractivity contribution in [2.75, 3.05) is 6.54 Å². The van der Waals surface area contributed by atoms with E-state index in [4.69, 9.17) is 0 Å². The molecule has 1 aliphatic carbocycles. The molecule has 4 nitrogen and oxygen atoms in total. The number of aromatic nitrogens is 3. The second-order valence-corrected chi connectivity index (χ2v) is 4.86. The van der Waals surface area contributed by atoms with Crippen LogP contribution in [0.3, 0.4) is 0 Å². The van der Waals surface area contributed by atoms with Gasteiger partial charge in [-0.15, -0.1) is 0 Å². The van der Waals surface area contributed by atoms with Gasteiger partial charge in [0.1, 0.15) is 12.2 Å². The Kier molecular flexibility index (Phi) is 3.59. The number of hydrogen-bond acceptors (Lipinski definition) is 3. The SMILES string of the molecule is CCNC1CCC(Cc2ncnn2C)C1C. The van der Waals surface area contributed by atoms with Crippen LogP contribution in [0.2, 0.25) is 0 Å². The van der Waals surface area contributed by atoms with Crippen molar-refractivity contribution in [3.8, 4) is 0 Å². The Balaban J connectivity index is 1.95. The van der Waals surface area contributed by atoms with E-state index < -0.39 is 0 Å². The first-order chi connectivity index (χ1) is 7.72. The van der Waals surface area contributed by atoms with E-state index in [1.807, 2.05) is 11.7 Å². The van der Waals surface area contributed by atoms with Crippen molar-refractivity contribution in [3.05, 3.63) is 12.2 Å². The summed E-state index contributed by atoms with van der Waals surface area (Å²) in [7, 11) is 1.98. The minimum Gasteiger partial charge on any atom is -0.314 e. The Labute approximate surface area is 97.5 Å². The molecule has 1 heterocycles. The molecule has 1 fully saturated rings. The second kappa shape index (κ2) is 4.95. The van der Waals surface area contributed by atoms with Crippen LogP contribution in [0.1, 0.15) is 32.5 Å². The maximum absolute atomic E-state index is 4.32. The summed E-state index contributed by atoms with van der Waals surface area (Å²) in [6, 6.07) is 0.697. The normalized spacial score (nSPS) is 29.8. The van der Waals surface area contributed by atoms with E-state index in [0.29, 0.717) is 6.04 Å². The highest BCUT2D eigenvalue weighted by atomic mass is 15.3. The predicted octanol–water partition coefficient (Wildman–Crippen LogP) is 1.38. The fourth-order valence-electron chi connectivity index (χ4n) is 2.83. The monoisotopic (exact) mass is 222 g/mol. The summed E-state index contributed by atoms with van der Waals surface area (Å²) in [6.45, 7) is 5.62. The zero-order valence-corrected chi connectivity index (χ0v) is 10.5. The van der Waals surface area contributed by atoms with Crippen LogP contribution in [-0.4, -0.2) is 27.4 Å². The summed E-state index contributed by atoms with van der Waals surface area (Å²) in [5.74, 6) is 2.62. The molecule has 0 saturated heterocycles. The Bertz CT molecular complexity index is 334. The summed E-state index contributed by atoms with van der Waals surface area (Å²) in [5.41, 5.74) is 0. The molecule has 4 heteroatoms. The molecule has 0 spiro atoms. The van der Waals surface area contributed by atoms with Crippen LogP contribution in [0.5, 0.6) is 0 Å². The third-order valence-electron chi connectivity index (χ3n) is 3.94.